The highest BCUT2D eigenvalue weighted by atomic mass is 35.5. The first kappa shape index (κ1) is 16.0. The number of likely N-dealkylation sites (N-methyl/N-ethyl adjacent to an activating group) is 1. The van der Waals surface area contributed by atoms with Crippen LogP contribution in [-0.4, -0.2) is 23.1 Å². The summed E-state index contributed by atoms with van der Waals surface area (Å²) in [5.74, 6) is 0. The van der Waals surface area contributed by atoms with E-state index in [1.54, 1.807) is 0 Å². The van der Waals surface area contributed by atoms with Gasteiger partial charge in [0.1, 0.15) is 0 Å². The van der Waals surface area contributed by atoms with E-state index in [2.05, 4.69) is 40.8 Å². The Morgan fingerprint density at radius 2 is 1.83 bits per heavy atom. The summed E-state index contributed by atoms with van der Waals surface area (Å²) in [6.45, 7) is 3.04. The van der Waals surface area contributed by atoms with Gasteiger partial charge >= 0.3 is 0 Å². The van der Waals surface area contributed by atoms with Crippen molar-refractivity contribution >= 4 is 34.1 Å². The van der Waals surface area contributed by atoms with Gasteiger partial charge in [-0.05, 0) is 48.9 Å². The van der Waals surface area contributed by atoms with Gasteiger partial charge in [0.2, 0.25) is 0 Å². The third-order valence-electron chi connectivity index (χ3n) is 4.95. The van der Waals surface area contributed by atoms with E-state index in [0.29, 0.717) is 0 Å². The van der Waals surface area contributed by atoms with E-state index < -0.39 is 0 Å². The largest absolute Gasteiger partial charge is 0.344 e. The Kier molecular flexibility index (Phi) is 4.29. The summed E-state index contributed by atoms with van der Waals surface area (Å²) in [5.41, 5.74) is 5.42. The lowest BCUT2D eigenvalue weighted by Gasteiger charge is -2.24. The van der Waals surface area contributed by atoms with Crippen molar-refractivity contribution in [2.24, 2.45) is 0 Å². The minimum atomic E-state index is 0.789. The molecule has 2 heterocycles. The van der Waals surface area contributed by atoms with Crippen molar-refractivity contribution in [1.82, 2.24) is 9.47 Å². The number of aromatic nitrogens is 1. The molecule has 0 atom stereocenters. The monoisotopic (exact) mass is 358 g/mol. The third-order valence-corrected chi connectivity index (χ3v) is 5.52. The molecule has 2 nitrogen and oxygen atoms in total. The summed E-state index contributed by atoms with van der Waals surface area (Å²) in [4.78, 5) is 2.37. The average Bonchev–Trinajstić information content (AvgIpc) is 2.88. The first-order chi connectivity index (χ1) is 11.6. The molecule has 1 aromatic heterocycles. The lowest BCUT2D eigenvalue weighted by Crippen LogP contribution is -2.27. The Balaban J connectivity index is 1.74. The molecule has 0 fully saturated rings. The predicted molar refractivity (Wildman–Crippen MR) is 102 cm³/mol. The Morgan fingerprint density at radius 3 is 2.62 bits per heavy atom. The van der Waals surface area contributed by atoms with Crippen LogP contribution in [0.1, 0.15) is 16.8 Å². The maximum atomic E-state index is 6.54. The molecule has 0 unspecified atom stereocenters. The molecule has 0 amide bonds. The van der Waals surface area contributed by atoms with Crippen LogP contribution in [0.3, 0.4) is 0 Å². The molecule has 2 aromatic carbocycles. The third kappa shape index (κ3) is 2.83. The molecule has 0 N–H and O–H groups in total. The summed E-state index contributed by atoms with van der Waals surface area (Å²) < 4.78 is 2.47. The molecule has 1 aliphatic heterocycles. The lowest BCUT2D eigenvalue weighted by molar-refractivity contribution is 0.309. The van der Waals surface area contributed by atoms with Gasteiger partial charge in [0.25, 0.3) is 0 Å². The van der Waals surface area contributed by atoms with E-state index in [0.717, 1.165) is 42.5 Å². The number of hydrogen-bond acceptors (Lipinski definition) is 1. The van der Waals surface area contributed by atoms with Crippen LogP contribution in [0.15, 0.2) is 42.5 Å². The second kappa shape index (κ2) is 6.44. The van der Waals surface area contributed by atoms with Gasteiger partial charge in [-0.3, -0.25) is 0 Å². The molecule has 0 saturated carbocycles. The van der Waals surface area contributed by atoms with Gasteiger partial charge in [0.05, 0.1) is 10.5 Å². The van der Waals surface area contributed by atoms with Gasteiger partial charge in [-0.15, -0.1) is 0 Å². The quantitative estimate of drug-likeness (QED) is 0.626. The zero-order valence-electron chi connectivity index (χ0n) is 13.7. The topological polar surface area (TPSA) is 8.17 Å². The second-order valence-corrected chi connectivity index (χ2v) is 7.42. The number of hydrogen-bond donors (Lipinski definition) is 0. The van der Waals surface area contributed by atoms with Crippen LogP contribution >= 0.6 is 23.2 Å². The Labute approximate surface area is 152 Å². The van der Waals surface area contributed by atoms with E-state index in [1.165, 1.54) is 27.7 Å². The molecule has 0 bridgehead atoms. The Morgan fingerprint density at radius 1 is 1.04 bits per heavy atom. The molecule has 0 saturated heterocycles. The Bertz CT molecular complexity index is 881. The van der Waals surface area contributed by atoms with E-state index >= 15 is 0 Å². The molecule has 4 rings (SSSR count). The van der Waals surface area contributed by atoms with Crippen molar-refractivity contribution in [3.63, 3.8) is 0 Å². The number of halogens is 2. The highest BCUT2D eigenvalue weighted by molar-refractivity contribution is 6.35. The predicted octanol–water partition coefficient (Wildman–Crippen LogP) is 5.18. The lowest BCUT2D eigenvalue weighted by atomic mass is 10.0. The van der Waals surface area contributed by atoms with Gasteiger partial charge in [-0.1, -0.05) is 41.4 Å². The fraction of sp³-hybridized carbons (Fsp3) is 0.300. The van der Waals surface area contributed by atoms with Crippen LogP contribution in [0, 0.1) is 0 Å². The fourth-order valence-corrected chi connectivity index (χ4v) is 4.15. The maximum Gasteiger partial charge on any atom is 0.0503 e. The van der Waals surface area contributed by atoms with E-state index in [4.69, 9.17) is 23.2 Å². The molecular weight excluding hydrogens is 339 g/mol. The molecule has 4 heteroatoms. The molecule has 124 valence electrons. The second-order valence-electron chi connectivity index (χ2n) is 6.58. The van der Waals surface area contributed by atoms with Crippen LogP contribution in [0.25, 0.3) is 10.9 Å². The number of nitrogens with zero attached hydrogens (tertiary/aromatic N) is 2. The highest BCUT2D eigenvalue weighted by Crippen LogP contribution is 2.35. The maximum absolute atomic E-state index is 6.54. The summed E-state index contributed by atoms with van der Waals surface area (Å²) in [5, 5.41) is 2.89. The highest BCUT2D eigenvalue weighted by Gasteiger charge is 2.23. The van der Waals surface area contributed by atoms with Crippen LogP contribution in [0.4, 0.5) is 0 Å². The van der Waals surface area contributed by atoms with Gasteiger partial charge < -0.3 is 9.47 Å². The minimum Gasteiger partial charge on any atom is -0.344 e. The number of rotatable bonds is 3. The van der Waals surface area contributed by atoms with Crippen molar-refractivity contribution < 1.29 is 0 Å². The zero-order valence-corrected chi connectivity index (χ0v) is 15.2. The summed E-state index contributed by atoms with van der Waals surface area (Å²) >= 11 is 12.5. The number of fused-ring (bicyclic) bond motifs is 3. The van der Waals surface area contributed by atoms with Crippen molar-refractivity contribution in [1.29, 1.82) is 0 Å². The molecule has 0 radical (unpaired) electrons. The summed E-state index contributed by atoms with van der Waals surface area (Å²) in [7, 11) is 2.18. The minimum absolute atomic E-state index is 0.789. The molecule has 3 aromatic rings. The normalized spacial score (nSPS) is 15.0. The van der Waals surface area contributed by atoms with Crippen molar-refractivity contribution in [2.75, 3.05) is 13.6 Å². The smallest absolute Gasteiger partial charge is 0.0503 e. The molecule has 0 spiro atoms. The standard InChI is InChI=1S/C20H20Cl2N2/c1-23-11-10-18-16(13-23)20-17(22)3-2-4-19(20)24(18)12-9-14-5-7-15(21)8-6-14/h2-8H,9-13H2,1H3. The Hall–Kier alpha value is -1.48. The van der Waals surface area contributed by atoms with Crippen LogP contribution in [0.2, 0.25) is 10.0 Å². The summed E-state index contributed by atoms with van der Waals surface area (Å²) in [6.07, 6.45) is 2.08. The van der Waals surface area contributed by atoms with E-state index in [9.17, 15) is 0 Å². The van der Waals surface area contributed by atoms with Gasteiger partial charge in [0, 0.05) is 42.2 Å². The van der Waals surface area contributed by atoms with Gasteiger partial charge in [-0.25, -0.2) is 0 Å². The van der Waals surface area contributed by atoms with Gasteiger partial charge in [0.15, 0.2) is 0 Å². The van der Waals surface area contributed by atoms with E-state index in [1.807, 2.05) is 18.2 Å². The molecule has 24 heavy (non-hydrogen) atoms. The fourth-order valence-electron chi connectivity index (χ4n) is 3.74. The number of aryl methyl sites for hydroxylation is 2. The van der Waals surface area contributed by atoms with E-state index in [-0.39, 0.29) is 0 Å². The average molecular weight is 359 g/mol. The van der Waals surface area contributed by atoms with Crippen LogP contribution < -0.4 is 0 Å². The first-order valence-electron chi connectivity index (χ1n) is 8.35. The van der Waals surface area contributed by atoms with Gasteiger partial charge in [-0.2, -0.15) is 0 Å². The van der Waals surface area contributed by atoms with Crippen LogP contribution in [0.5, 0.6) is 0 Å². The van der Waals surface area contributed by atoms with Crippen LogP contribution in [-0.2, 0) is 25.9 Å². The zero-order chi connectivity index (χ0) is 16.7. The molecule has 0 aliphatic carbocycles. The molecular formula is C20H20Cl2N2. The number of benzene rings is 2. The SMILES string of the molecule is CN1CCc2c(c3c(Cl)cccc3n2CCc2ccc(Cl)cc2)C1. The first-order valence-corrected chi connectivity index (χ1v) is 9.10. The summed E-state index contributed by atoms with van der Waals surface area (Å²) in [6, 6.07) is 14.4. The van der Waals surface area contributed by atoms with Crippen molar-refractivity contribution in [3.8, 4) is 0 Å². The van der Waals surface area contributed by atoms with Crippen molar-refractivity contribution in [3.05, 3.63) is 69.3 Å². The van der Waals surface area contributed by atoms with Crippen molar-refractivity contribution in [2.45, 2.75) is 25.9 Å². The molecule has 1 aliphatic rings.